The fourth-order valence-corrected chi connectivity index (χ4v) is 4.21. The first-order chi connectivity index (χ1) is 11.6. The van der Waals surface area contributed by atoms with Crippen LogP contribution in [0.25, 0.3) is 0 Å². The lowest BCUT2D eigenvalue weighted by atomic mass is 9.89. The van der Waals surface area contributed by atoms with E-state index in [1.165, 1.54) is 32.1 Å². The zero-order valence-corrected chi connectivity index (χ0v) is 15.8. The Balaban J connectivity index is 1.58. The number of rotatable bonds is 8. The van der Waals surface area contributed by atoms with Crippen LogP contribution in [0.5, 0.6) is 0 Å². The molecule has 2 rings (SSSR count). The Kier molecular flexibility index (Phi) is 8.54. The molecule has 0 aromatic rings. The predicted molar refractivity (Wildman–Crippen MR) is 98.9 cm³/mol. The fourth-order valence-electron chi connectivity index (χ4n) is 4.21. The number of likely N-dealkylation sites (tertiary alicyclic amines) is 1. The Morgan fingerprint density at radius 3 is 2.46 bits per heavy atom. The van der Waals surface area contributed by atoms with E-state index in [1.807, 2.05) is 0 Å². The lowest BCUT2D eigenvalue weighted by molar-refractivity contribution is -0.122. The highest BCUT2D eigenvalue weighted by molar-refractivity contribution is 5.76. The topological polar surface area (TPSA) is 52.6 Å². The van der Waals surface area contributed by atoms with Crippen molar-refractivity contribution in [2.24, 2.45) is 5.92 Å². The number of carbonyl (C=O) groups excluding carboxylic acids is 1. The molecule has 1 amide bonds. The van der Waals surface area contributed by atoms with Gasteiger partial charge in [0.2, 0.25) is 5.91 Å². The molecular weight excluding hydrogens is 300 g/mol. The molecule has 1 aliphatic heterocycles. The maximum Gasteiger partial charge on any atom is 0.220 e. The Labute approximate surface area is 148 Å². The lowest BCUT2D eigenvalue weighted by Crippen LogP contribution is -2.52. The van der Waals surface area contributed by atoms with Crippen LogP contribution in [0.3, 0.4) is 0 Å². The summed E-state index contributed by atoms with van der Waals surface area (Å²) in [5, 5.41) is 13.4. The average molecular weight is 339 g/mol. The van der Waals surface area contributed by atoms with Crippen molar-refractivity contribution in [3.05, 3.63) is 0 Å². The summed E-state index contributed by atoms with van der Waals surface area (Å²) in [4.78, 5) is 14.5. The van der Waals surface area contributed by atoms with E-state index in [1.54, 1.807) is 0 Å². The zero-order chi connectivity index (χ0) is 17.4. The highest BCUT2D eigenvalue weighted by Crippen LogP contribution is 2.25. The number of carbonyl (C=O) groups is 1. The molecule has 2 aliphatic rings. The van der Waals surface area contributed by atoms with Crippen molar-refractivity contribution in [1.29, 1.82) is 0 Å². The molecule has 2 N–H and O–H groups in total. The van der Waals surface area contributed by atoms with Crippen LogP contribution in [0, 0.1) is 5.92 Å². The largest absolute Gasteiger partial charge is 0.391 e. The molecule has 2 atom stereocenters. The van der Waals surface area contributed by atoms with Crippen LogP contribution in [0.1, 0.15) is 84.5 Å². The first kappa shape index (κ1) is 19.7. The molecule has 24 heavy (non-hydrogen) atoms. The Morgan fingerprint density at radius 2 is 1.79 bits per heavy atom. The third kappa shape index (κ3) is 6.72. The number of aliphatic hydroxyl groups excluding tert-OH is 1. The maximum absolute atomic E-state index is 12.1. The first-order valence-corrected chi connectivity index (χ1v) is 10.3. The number of nitrogens with one attached hydrogen (secondary N) is 1. The highest BCUT2D eigenvalue weighted by atomic mass is 16.3. The van der Waals surface area contributed by atoms with Gasteiger partial charge in [-0.1, -0.05) is 46.0 Å². The molecule has 1 heterocycles. The van der Waals surface area contributed by atoms with Crippen LogP contribution in [0.2, 0.25) is 0 Å². The molecule has 0 bridgehead atoms. The third-order valence-corrected chi connectivity index (χ3v) is 5.74. The molecule has 2 unspecified atom stereocenters. The van der Waals surface area contributed by atoms with Gasteiger partial charge in [-0.05, 0) is 38.0 Å². The lowest BCUT2D eigenvalue weighted by Gasteiger charge is -2.41. The van der Waals surface area contributed by atoms with Gasteiger partial charge in [-0.2, -0.15) is 0 Å². The molecular formula is C20H38N2O2. The number of aliphatic hydroxyl groups is 1. The number of piperidine rings is 1. The van der Waals surface area contributed by atoms with E-state index in [-0.39, 0.29) is 12.0 Å². The number of nitrogens with zero attached hydrogens (tertiary/aromatic N) is 1. The summed E-state index contributed by atoms with van der Waals surface area (Å²) >= 11 is 0. The summed E-state index contributed by atoms with van der Waals surface area (Å²) in [5.74, 6) is 1.00. The van der Waals surface area contributed by atoms with E-state index < -0.39 is 0 Å². The second-order valence-corrected chi connectivity index (χ2v) is 8.29. The van der Waals surface area contributed by atoms with Crippen molar-refractivity contribution in [3.8, 4) is 0 Å². The molecule has 0 aromatic heterocycles. The first-order valence-electron chi connectivity index (χ1n) is 10.3. The van der Waals surface area contributed by atoms with E-state index in [9.17, 15) is 9.90 Å². The Morgan fingerprint density at radius 1 is 1.08 bits per heavy atom. The smallest absolute Gasteiger partial charge is 0.220 e. The monoisotopic (exact) mass is 338 g/mol. The summed E-state index contributed by atoms with van der Waals surface area (Å²) < 4.78 is 0. The molecule has 0 spiro atoms. The van der Waals surface area contributed by atoms with Gasteiger partial charge >= 0.3 is 0 Å². The average Bonchev–Trinajstić information content (AvgIpc) is 2.55. The molecule has 4 nitrogen and oxygen atoms in total. The van der Waals surface area contributed by atoms with Crippen molar-refractivity contribution < 1.29 is 9.90 Å². The van der Waals surface area contributed by atoms with Gasteiger partial charge in [-0.15, -0.1) is 0 Å². The molecule has 140 valence electrons. The van der Waals surface area contributed by atoms with Crippen molar-refractivity contribution in [2.45, 2.75) is 103 Å². The SMILES string of the molecule is CC(C)CCCCCC(=O)NC1CCN(C2CCCCC2O)CC1. The van der Waals surface area contributed by atoms with E-state index in [4.69, 9.17) is 0 Å². The second kappa shape index (κ2) is 10.4. The molecule has 4 heteroatoms. The van der Waals surface area contributed by atoms with E-state index >= 15 is 0 Å². The molecule has 2 fully saturated rings. The van der Waals surface area contributed by atoms with Gasteiger partial charge in [0.1, 0.15) is 0 Å². The minimum Gasteiger partial charge on any atom is -0.391 e. The summed E-state index contributed by atoms with van der Waals surface area (Å²) in [5.41, 5.74) is 0. The van der Waals surface area contributed by atoms with E-state index in [0.717, 1.165) is 51.1 Å². The standard InChI is InChI=1S/C20H38N2O2/c1-16(2)8-4-3-5-11-20(24)21-17-12-14-22(15-13-17)18-9-6-7-10-19(18)23/h16-19,23H,3-15H2,1-2H3,(H,21,24). The summed E-state index contributed by atoms with van der Waals surface area (Å²) in [7, 11) is 0. The summed E-state index contributed by atoms with van der Waals surface area (Å²) in [6.07, 6.45) is 11.8. The van der Waals surface area contributed by atoms with Crippen molar-refractivity contribution in [2.75, 3.05) is 13.1 Å². The van der Waals surface area contributed by atoms with Gasteiger partial charge in [0.15, 0.2) is 0 Å². The van der Waals surface area contributed by atoms with Crippen LogP contribution >= 0.6 is 0 Å². The van der Waals surface area contributed by atoms with Gasteiger partial charge in [-0.25, -0.2) is 0 Å². The van der Waals surface area contributed by atoms with Gasteiger partial charge in [0, 0.05) is 31.6 Å². The molecule has 0 aromatic carbocycles. The maximum atomic E-state index is 12.1. The van der Waals surface area contributed by atoms with Crippen molar-refractivity contribution >= 4 is 5.91 Å². The summed E-state index contributed by atoms with van der Waals surface area (Å²) in [6.45, 7) is 6.54. The molecule has 1 saturated carbocycles. The van der Waals surface area contributed by atoms with E-state index in [2.05, 4.69) is 24.1 Å². The zero-order valence-electron chi connectivity index (χ0n) is 15.8. The second-order valence-electron chi connectivity index (χ2n) is 8.29. The number of hydrogen-bond donors (Lipinski definition) is 2. The highest BCUT2D eigenvalue weighted by Gasteiger charge is 2.31. The van der Waals surface area contributed by atoms with Crippen molar-refractivity contribution in [1.82, 2.24) is 10.2 Å². The minimum atomic E-state index is -0.143. The van der Waals surface area contributed by atoms with Crippen LogP contribution in [0.15, 0.2) is 0 Å². The molecule has 1 saturated heterocycles. The van der Waals surface area contributed by atoms with Crippen molar-refractivity contribution in [3.63, 3.8) is 0 Å². The predicted octanol–water partition coefficient (Wildman–Crippen LogP) is 3.48. The minimum absolute atomic E-state index is 0.143. The van der Waals surface area contributed by atoms with Gasteiger partial charge in [0.25, 0.3) is 0 Å². The van der Waals surface area contributed by atoms with Gasteiger partial charge in [-0.3, -0.25) is 9.69 Å². The Hall–Kier alpha value is -0.610. The van der Waals surface area contributed by atoms with Crippen LogP contribution in [-0.4, -0.2) is 47.2 Å². The van der Waals surface area contributed by atoms with Gasteiger partial charge in [0.05, 0.1) is 6.10 Å². The molecule has 1 aliphatic carbocycles. The Bertz CT molecular complexity index is 365. The number of unbranched alkanes of at least 4 members (excludes halogenated alkanes) is 2. The number of hydrogen-bond acceptors (Lipinski definition) is 3. The van der Waals surface area contributed by atoms with Crippen LogP contribution in [0.4, 0.5) is 0 Å². The van der Waals surface area contributed by atoms with E-state index in [0.29, 0.717) is 18.5 Å². The number of amides is 1. The van der Waals surface area contributed by atoms with Crippen LogP contribution < -0.4 is 5.32 Å². The quantitative estimate of drug-likeness (QED) is 0.666. The summed E-state index contributed by atoms with van der Waals surface area (Å²) in [6, 6.07) is 0.696. The fraction of sp³-hybridized carbons (Fsp3) is 0.950. The third-order valence-electron chi connectivity index (χ3n) is 5.74. The molecule has 0 radical (unpaired) electrons. The normalized spacial score (nSPS) is 26.7. The van der Waals surface area contributed by atoms with Crippen LogP contribution in [-0.2, 0) is 4.79 Å². The van der Waals surface area contributed by atoms with Gasteiger partial charge < -0.3 is 10.4 Å².